The minimum Gasteiger partial charge on any atom is -0.371 e. The number of nitrogens with one attached hydrogen (secondary N) is 2. The van der Waals surface area contributed by atoms with Gasteiger partial charge in [0.1, 0.15) is 5.52 Å². The van der Waals surface area contributed by atoms with Crippen molar-refractivity contribution in [3.63, 3.8) is 0 Å². The average Bonchev–Trinajstić information content (AvgIpc) is 2.88. The lowest BCUT2D eigenvalue weighted by Crippen LogP contribution is -2.12. The summed E-state index contributed by atoms with van der Waals surface area (Å²) in [6, 6.07) is 7.05. The van der Waals surface area contributed by atoms with Crippen LogP contribution in [0.2, 0.25) is 5.02 Å². The molecule has 2 N–H and O–H groups in total. The fraction of sp³-hybridized carbons (Fsp3) is 0.214. The van der Waals surface area contributed by atoms with Gasteiger partial charge in [-0.2, -0.15) is 18.3 Å². The Bertz CT molecular complexity index is 859. The van der Waals surface area contributed by atoms with Crippen molar-refractivity contribution in [1.29, 1.82) is 0 Å². The van der Waals surface area contributed by atoms with Gasteiger partial charge in [-0.25, -0.2) is 9.97 Å². The van der Waals surface area contributed by atoms with E-state index in [1.165, 1.54) is 7.05 Å². The number of anilines is 1. The standard InChI is InChI=1S/C14H11ClF3N5/c1-19-12-11-10(20-13(21-12)14(16,17)18)9(22-23-11)6-7-3-2-4-8(15)5-7/h2-5H,6H2,1H3,(H,22,23)(H,19,20,21). The molecule has 2 heterocycles. The van der Waals surface area contributed by atoms with E-state index in [-0.39, 0.29) is 16.9 Å². The van der Waals surface area contributed by atoms with Crippen LogP contribution in [0.3, 0.4) is 0 Å². The quantitative estimate of drug-likeness (QED) is 0.763. The molecule has 0 amide bonds. The van der Waals surface area contributed by atoms with E-state index < -0.39 is 12.0 Å². The second kappa shape index (κ2) is 5.69. The van der Waals surface area contributed by atoms with Gasteiger partial charge in [-0.3, -0.25) is 5.10 Å². The van der Waals surface area contributed by atoms with Crippen molar-refractivity contribution in [2.75, 3.05) is 12.4 Å². The second-order valence-corrected chi connectivity index (χ2v) is 5.29. The number of alkyl halides is 3. The molecule has 0 aliphatic carbocycles. The Morgan fingerprint density at radius 2 is 2.00 bits per heavy atom. The molecule has 0 atom stereocenters. The molecule has 0 bridgehead atoms. The molecule has 0 unspecified atom stereocenters. The summed E-state index contributed by atoms with van der Waals surface area (Å²) in [4.78, 5) is 7.11. The van der Waals surface area contributed by atoms with Gasteiger partial charge in [0.15, 0.2) is 11.3 Å². The number of hydrogen-bond donors (Lipinski definition) is 2. The number of hydrogen-bond acceptors (Lipinski definition) is 4. The van der Waals surface area contributed by atoms with Crippen LogP contribution >= 0.6 is 11.6 Å². The number of rotatable bonds is 3. The average molecular weight is 342 g/mol. The van der Waals surface area contributed by atoms with Crippen molar-refractivity contribution in [1.82, 2.24) is 20.2 Å². The molecular weight excluding hydrogens is 331 g/mol. The lowest BCUT2D eigenvalue weighted by Gasteiger charge is -2.08. The molecular formula is C14H11ClF3N5. The number of halogens is 4. The monoisotopic (exact) mass is 341 g/mol. The topological polar surface area (TPSA) is 66.5 Å². The third-order valence-corrected chi connectivity index (χ3v) is 3.47. The molecule has 2 aromatic heterocycles. The maximum absolute atomic E-state index is 12.9. The van der Waals surface area contributed by atoms with E-state index in [2.05, 4.69) is 25.5 Å². The summed E-state index contributed by atoms with van der Waals surface area (Å²) in [6.45, 7) is 0. The van der Waals surface area contributed by atoms with Crippen LogP contribution < -0.4 is 5.32 Å². The van der Waals surface area contributed by atoms with Gasteiger partial charge >= 0.3 is 6.18 Å². The summed E-state index contributed by atoms with van der Waals surface area (Å²) in [5, 5.41) is 9.91. The van der Waals surface area contributed by atoms with Crippen LogP contribution in [0.25, 0.3) is 11.0 Å². The minimum atomic E-state index is -4.63. The van der Waals surface area contributed by atoms with Gasteiger partial charge in [0.25, 0.3) is 0 Å². The van der Waals surface area contributed by atoms with Crippen molar-refractivity contribution < 1.29 is 13.2 Å². The van der Waals surface area contributed by atoms with Gasteiger partial charge in [-0.15, -0.1) is 0 Å². The number of fused-ring (bicyclic) bond motifs is 1. The smallest absolute Gasteiger partial charge is 0.371 e. The molecule has 23 heavy (non-hydrogen) atoms. The van der Waals surface area contributed by atoms with Gasteiger partial charge in [-0.1, -0.05) is 23.7 Å². The second-order valence-electron chi connectivity index (χ2n) is 4.85. The predicted octanol–water partition coefficient (Wildman–Crippen LogP) is 3.66. The highest BCUT2D eigenvalue weighted by atomic mass is 35.5. The van der Waals surface area contributed by atoms with Gasteiger partial charge in [-0.05, 0) is 17.7 Å². The molecule has 0 fully saturated rings. The molecule has 0 aliphatic heterocycles. The van der Waals surface area contributed by atoms with Crippen LogP contribution in [0, 0.1) is 0 Å². The molecule has 0 radical (unpaired) electrons. The number of aromatic amines is 1. The fourth-order valence-corrected chi connectivity index (χ4v) is 2.44. The summed E-state index contributed by atoms with van der Waals surface area (Å²) >= 11 is 5.93. The third-order valence-electron chi connectivity index (χ3n) is 3.23. The Hall–Kier alpha value is -2.35. The molecule has 0 saturated heterocycles. The van der Waals surface area contributed by atoms with Gasteiger partial charge < -0.3 is 5.32 Å². The largest absolute Gasteiger partial charge is 0.451 e. The zero-order valence-electron chi connectivity index (χ0n) is 11.9. The Balaban J connectivity index is 2.11. The van der Waals surface area contributed by atoms with E-state index in [1.807, 2.05) is 6.07 Å². The van der Waals surface area contributed by atoms with Crippen molar-refractivity contribution >= 4 is 28.5 Å². The first-order valence-electron chi connectivity index (χ1n) is 6.63. The van der Waals surface area contributed by atoms with Crippen LogP contribution in [0.15, 0.2) is 24.3 Å². The van der Waals surface area contributed by atoms with Gasteiger partial charge in [0, 0.05) is 18.5 Å². The van der Waals surface area contributed by atoms with Crippen LogP contribution in [0.4, 0.5) is 19.0 Å². The highest BCUT2D eigenvalue weighted by Crippen LogP contribution is 2.31. The molecule has 0 aliphatic rings. The number of H-pyrrole nitrogens is 1. The summed E-state index contributed by atoms with van der Waals surface area (Å²) in [5.74, 6) is -1.18. The Kier molecular flexibility index (Phi) is 3.85. The Morgan fingerprint density at radius 1 is 1.22 bits per heavy atom. The number of nitrogens with zero attached hydrogens (tertiary/aromatic N) is 3. The Labute approximate surface area is 133 Å². The molecule has 0 spiro atoms. The normalized spacial score (nSPS) is 11.9. The molecule has 9 heteroatoms. The van der Waals surface area contributed by atoms with E-state index in [1.54, 1.807) is 18.2 Å². The van der Waals surface area contributed by atoms with Crippen LogP contribution in [0.1, 0.15) is 17.1 Å². The first-order chi connectivity index (χ1) is 10.9. The lowest BCUT2D eigenvalue weighted by atomic mass is 10.1. The summed E-state index contributed by atoms with van der Waals surface area (Å²) in [7, 11) is 1.48. The van der Waals surface area contributed by atoms with Crippen LogP contribution in [-0.2, 0) is 12.6 Å². The molecule has 0 saturated carbocycles. The van der Waals surface area contributed by atoms with Crippen molar-refractivity contribution in [2.24, 2.45) is 0 Å². The van der Waals surface area contributed by atoms with Crippen LogP contribution in [-0.4, -0.2) is 27.2 Å². The van der Waals surface area contributed by atoms with Crippen LogP contribution in [0.5, 0.6) is 0 Å². The first-order valence-corrected chi connectivity index (χ1v) is 7.00. The number of benzene rings is 1. The summed E-state index contributed by atoms with van der Waals surface area (Å²) in [6.07, 6.45) is -4.31. The maximum Gasteiger partial charge on any atom is 0.451 e. The molecule has 120 valence electrons. The zero-order chi connectivity index (χ0) is 16.6. The van der Waals surface area contributed by atoms with E-state index >= 15 is 0 Å². The van der Waals surface area contributed by atoms with E-state index in [0.717, 1.165) is 5.56 Å². The number of aromatic nitrogens is 4. The summed E-state index contributed by atoms with van der Waals surface area (Å²) < 4.78 is 38.8. The first kappa shape index (κ1) is 15.5. The van der Waals surface area contributed by atoms with E-state index in [4.69, 9.17) is 11.6 Å². The van der Waals surface area contributed by atoms with E-state index in [9.17, 15) is 13.2 Å². The highest BCUT2D eigenvalue weighted by Gasteiger charge is 2.36. The molecule has 3 rings (SSSR count). The fourth-order valence-electron chi connectivity index (χ4n) is 2.22. The minimum absolute atomic E-state index is 0.0240. The highest BCUT2D eigenvalue weighted by molar-refractivity contribution is 6.30. The zero-order valence-corrected chi connectivity index (χ0v) is 12.6. The van der Waals surface area contributed by atoms with Crippen molar-refractivity contribution in [2.45, 2.75) is 12.6 Å². The van der Waals surface area contributed by atoms with Crippen molar-refractivity contribution in [3.05, 3.63) is 46.4 Å². The maximum atomic E-state index is 12.9. The van der Waals surface area contributed by atoms with Crippen molar-refractivity contribution in [3.8, 4) is 0 Å². The molecule has 3 aromatic rings. The predicted molar refractivity (Wildman–Crippen MR) is 80.5 cm³/mol. The molecule has 1 aromatic carbocycles. The van der Waals surface area contributed by atoms with Gasteiger partial charge in [0.05, 0.1) is 5.69 Å². The van der Waals surface area contributed by atoms with Gasteiger partial charge in [0.2, 0.25) is 5.82 Å². The lowest BCUT2D eigenvalue weighted by molar-refractivity contribution is -0.144. The van der Waals surface area contributed by atoms with E-state index in [0.29, 0.717) is 17.1 Å². The molecule has 5 nitrogen and oxygen atoms in total. The third kappa shape index (κ3) is 3.07. The summed E-state index contributed by atoms with van der Waals surface area (Å²) in [5.41, 5.74) is 1.70. The Morgan fingerprint density at radius 3 is 2.65 bits per heavy atom. The SMILES string of the molecule is CNc1nc(C(F)(F)F)nc2c(Cc3cccc(Cl)c3)[nH]nc12.